The van der Waals surface area contributed by atoms with Crippen molar-refractivity contribution in [2.24, 2.45) is 0 Å². The lowest BCUT2D eigenvalue weighted by Crippen LogP contribution is -3.21. The summed E-state index contributed by atoms with van der Waals surface area (Å²) >= 11 is 0. The van der Waals surface area contributed by atoms with E-state index in [0.717, 1.165) is 31.3 Å². The van der Waals surface area contributed by atoms with Gasteiger partial charge in [0, 0.05) is 0 Å². The van der Waals surface area contributed by atoms with E-state index in [1.807, 2.05) is 0 Å². The van der Waals surface area contributed by atoms with E-state index in [-0.39, 0.29) is 0 Å². The van der Waals surface area contributed by atoms with Crippen LogP contribution in [0.4, 0.5) is 5.95 Å². The van der Waals surface area contributed by atoms with Crippen LogP contribution in [0.25, 0.3) is 11.0 Å². The Hall–Kier alpha value is -2.37. The van der Waals surface area contributed by atoms with Crippen LogP contribution in [-0.4, -0.2) is 42.4 Å². The SMILES string of the molecule is CC[NH+](CC)CC[NH+]1CN(Cc2ccccc2)c2nc3ccccc3n2C1. The number of fused-ring (bicyclic) bond motifs is 3. The van der Waals surface area contributed by atoms with Gasteiger partial charge in [-0.1, -0.05) is 42.5 Å². The zero-order valence-corrected chi connectivity index (χ0v) is 16.5. The van der Waals surface area contributed by atoms with Gasteiger partial charge in [-0.15, -0.1) is 0 Å². The minimum atomic E-state index is 0.909. The number of benzene rings is 2. The van der Waals surface area contributed by atoms with E-state index in [1.165, 1.54) is 37.3 Å². The fraction of sp³-hybridized carbons (Fsp3) is 0.409. The fourth-order valence-electron chi connectivity index (χ4n) is 4.12. The van der Waals surface area contributed by atoms with Gasteiger partial charge in [-0.3, -0.25) is 14.4 Å². The molecule has 0 spiro atoms. The van der Waals surface area contributed by atoms with E-state index in [0.29, 0.717) is 0 Å². The molecule has 3 aromatic rings. The third-order valence-electron chi connectivity index (χ3n) is 5.76. The van der Waals surface area contributed by atoms with Gasteiger partial charge in [0.1, 0.15) is 13.1 Å². The van der Waals surface area contributed by atoms with E-state index in [1.54, 1.807) is 9.80 Å². The summed E-state index contributed by atoms with van der Waals surface area (Å²) in [5.41, 5.74) is 3.69. The summed E-state index contributed by atoms with van der Waals surface area (Å²) in [6, 6.07) is 19.3. The second-order valence-corrected chi connectivity index (χ2v) is 7.54. The normalized spacial score (nSPS) is 16.9. The fourth-order valence-corrected chi connectivity index (χ4v) is 4.12. The predicted molar refractivity (Wildman–Crippen MR) is 110 cm³/mol. The molecular formula is C22H31N5+2. The van der Waals surface area contributed by atoms with Gasteiger partial charge in [0.2, 0.25) is 5.95 Å². The van der Waals surface area contributed by atoms with Gasteiger partial charge in [0.15, 0.2) is 13.3 Å². The highest BCUT2D eigenvalue weighted by atomic mass is 15.5. The lowest BCUT2D eigenvalue weighted by molar-refractivity contribution is -0.969. The van der Waals surface area contributed by atoms with Crippen molar-refractivity contribution in [3.8, 4) is 0 Å². The van der Waals surface area contributed by atoms with Gasteiger partial charge < -0.3 is 4.90 Å². The first-order valence-electron chi connectivity index (χ1n) is 10.2. The number of para-hydroxylation sites is 2. The first kappa shape index (κ1) is 18.0. The number of nitrogens with zero attached hydrogens (tertiary/aromatic N) is 3. The standard InChI is InChI=1S/C22H29N5/c1-3-24(4-2)14-15-25-17-26(16-19-10-6-5-7-11-19)22-23-20-12-8-9-13-21(20)27(22)18-25/h5-13H,3-4,14-18H2,1-2H3/p+2. The van der Waals surface area contributed by atoms with E-state index >= 15 is 0 Å². The number of rotatable bonds is 7. The van der Waals surface area contributed by atoms with Crippen LogP contribution in [0.5, 0.6) is 0 Å². The Bertz CT molecular complexity index is 869. The number of hydrogen-bond donors (Lipinski definition) is 2. The van der Waals surface area contributed by atoms with Crippen LogP contribution in [0, 0.1) is 0 Å². The molecule has 5 nitrogen and oxygen atoms in total. The van der Waals surface area contributed by atoms with Gasteiger partial charge in [0.05, 0.1) is 30.7 Å². The Morgan fingerprint density at radius 2 is 1.70 bits per heavy atom. The van der Waals surface area contributed by atoms with Crippen LogP contribution in [0.1, 0.15) is 19.4 Å². The van der Waals surface area contributed by atoms with Gasteiger partial charge in [0.25, 0.3) is 0 Å². The highest BCUT2D eigenvalue weighted by molar-refractivity contribution is 5.78. The Kier molecular flexibility index (Phi) is 5.41. The van der Waals surface area contributed by atoms with E-state index in [4.69, 9.17) is 4.98 Å². The summed E-state index contributed by atoms with van der Waals surface area (Å²) in [5, 5.41) is 0. The Balaban J connectivity index is 1.61. The molecule has 0 radical (unpaired) electrons. The molecule has 0 bridgehead atoms. The zero-order chi connectivity index (χ0) is 18.6. The maximum atomic E-state index is 4.96. The molecule has 1 atom stereocenters. The number of quaternary nitrogens is 2. The lowest BCUT2D eigenvalue weighted by atomic mass is 10.2. The predicted octanol–water partition coefficient (Wildman–Crippen LogP) is 0.781. The summed E-state index contributed by atoms with van der Waals surface area (Å²) in [6.45, 7) is 12.3. The van der Waals surface area contributed by atoms with Crippen molar-refractivity contribution < 1.29 is 9.80 Å². The van der Waals surface area contributed by atoms with Gasteiger partial charge >= 0.3 is 0 Å². The first-order valence-corrected chi connectivity index (χ1v) is 10.2. The summed E-state index contributed by atoms with van der Waals surface area (Å²) in [7, 11) is 0. The van der Waals surface area contributed by atoms with Gasteiger partial charge in [-0.25, -0.2) is 4.98 Å². The highest BCUT2D eigenvalue weighted by Gasteiger charge is 2.29. The number of nitrogens with one attached hydrogen (secondary N) is 2. The van der Waals surface area contributed by atoms with Crippen molar-refractivity contribution in [2.75, 3.05) is 37.7 Å². The Morgan fingerprint density at radius 1 is 0.963 bits per heavy atom. The van der Waals surface area contributed by atoms with Gasteiger partial charge in [-0.2, -0.15) is 0 Å². The molecule has 0 saturated heterocycles. The number of imidazole rings is 1. The molecule has 2 aromatic carbocycles. The smallest absolute Gasteiger partial charge is 0.215 e. The monoisotopic (exact) mass is 365 g/mol. The number of hydrogen-bond acceptors (Lipinski definition) is 2. The topological polar surface area (TPSA) is 29.9 Å². The molecule has 1 aliphatic heterocycles. The molecule has 1 unspecified atom stereocenters. The largest absolute Gasteiger partial charge is 0.331 e. The van der Waals surface area contributed by atoms with Crippen molar-refractivity contribution in [1.29, 1.82) is 0 Å². The molecule has 4 rings (SSSR count). The zero-order valence-electron chi connectivity index (χ0n) is 16.5. The maximum absolute atomic E-state index is 4.96. The number of anilines is 1. The van der Waals surface area contributed by atoms with Crippen molar-refractivity contribution in [2.45, 2.75) is 27.1 Å². The van der Waals surface area contributed by atoms with Gasteiger partial charge in [-0.05, 0) is 31.5 Å². The Labute approximate surface area is 161 Å². The molecule has 1 aromatic heterocycles. The molecule has 27 heavy (non-hydrogen) atoms. The second-order valence-electron chi connectivity index (χ2n) is 7.54. The molecule has 142 valence electrons. The van der Waals surface area contributed by atoms with Crippen LogP contribution in [-0.2, 0) is 13.2 Å². The molecule has 2 N–H and O–H groups in total. The highest BCUT2D eigenvalue weighted by Crippen LogP contribution is 2.24. The van der Waals surface area contributed by atoms with E-state index < -0.39 is 0 Å². The summed E-state index contributed by atoms with van der Waals surface area (Å²) < 4.78 is 2.41. The van der Waals surface area contributed by atoms with Crippen molar-refractivity contribution >= 4 is 17.0 Å². The Morgan fingerprint density at radius 3 is 2.48 bits per heavy atom. The minimum Gasteiger partial charge on any atom is -0.331 e. The number of likely N-dealkylation sites (N-methyl/N-ethyl adjacent to an activating group) is 1. The lowest BCUT2D eigenvalue weighted by Gasteiger charge is -2.34. The maximum Gasteiger partial charge on any atom is 0.215 e. The molecule has 0 amide bonds. The van der Waals surface area contributed by atoms with E-state index in [9.17, 15) is 0 Å². The van der Waals surface area contributed by atoms with Crippen LogP contribution >= 0.6 is 0 Å². The van der Waals surface area contributed by atoms with Crippen molar-refractivity contribution in [1.82, 2.24) is 9.55 Å². The minimum absolute atomic E-state index is 0.909. The first-order chi connectivity index (χ1) is 13.3. The quantitative estimate of drug-likeness (QED) is 0.648. The average molecular weight is 366 g/mol. The third kappa shape index (κ3) is 3.84. The molecule has 2 heterocycles. The molecule has 0 fully saturated rings. The molecular weight excluding hydrogens is 334 g/mol. The molecule has 0 saturated carbocycles. The molecule has 1 aliphatic rings. The molecule has 0 aliphatic carbocycles. The van der Waals surface area contributed by atoms with Crippen LogP contribution in [0.3, 0.4) is 0 Å². The van der Waals surface area contributed by atoms with Crippen LogP contribution < -0.4 is 14.7 Å². The molecule has 5 heteroatoms. The van der Waals surface area contributed by atoms with Crippen LogP contribution in [0.2, 0.25) is 0 Å². The van der Waals surface area contributed by atoms with Crippen molar-refractivity contribution in [3.05, 3.63) is 60.2 Å². The third-order valence-corrected chi connectivity index (χ3v) is 5.76. The summed E-state index contributed by atoms with van der Waals surface area (Å²) in [4.78, 5) is 10.7. The average Bonchev–Trinajstić information content (AvgIpc) is 3.09. The number of aromatic nitrogens is 2. The summed E-state index contributed by atoms with van der Waals surface area (Å²) in [5.74, 6) is 1.11. The summed E-state index contributed by atoms with van der Waals surface area (Å²) in [6.07, 6.45) is 0. The van der Waals surface area contributed by atoms with Crippen molar-refractivity contribution in [3.63, 3.8) is 0 Å². The van der Waals surface area contributed by atoms with Crippen LogP contribution in [0.15, 0.2) is 54.6 Å². The van der Waals surface area contributed by atoms with E-state index in [2.05, 4.69) is 77.9 Å². The second kappa shape index (κ2) is 8.11.